The lowest BCUT2D eigenvalue weighted by atomic mass is 10.1. The van der Waals surface area contributed by atoms with Gasteiger partial charge in [-0.05, 0) is 35.8 Å². The molecule has 3 rings (SSSR count). The average molecular weight is 397 g/mol. The number of benzene rings is 2. The number of rotatable bonds is 6. The van der Waals surface area contributed by atoms with Crippen LogP contribution in [0, 0.1) is 0 Å². The van der Waals surface area contributed by atoms with Crippen molar-refractivity contribution in [2.75, 3.05) is 0 Å². The van der Waals surface area contributed by atoms with Gasteiger partial charge < -0.3 is 4.57 Å². The Kier molecular flexibility index (Phi) is 6.54. The SMILES string of the molecule is C/C=C/c1c(Cl)nc(CC)n1Cc1ccc(/C=C/c2ccccc2)cc1Cl. The molecular formula is C23H22Cl2N2. The van der Waals surface area contributed by atoms with Crippen molar-refractivity contribution in [2.45, 2.75) is 26.8 Å². The van der Waals surface area contributed by atoms with Gasteiger partial charge in [-0.15, -0.1) is 0 Å². The zero-order valence-corrected chi connectivity index (χ0v) is 17.0. The van der Waals surface area contributed by atoms with E-state index in [2.05, 4.69) is 52.9 Å². The second-order valence-corrected chi connectivity index (χ2v) is 7.00. The van der Waals surface area contributed by atoms with Crippen LogP contribution in [0.5, 0.6) is 0 Å². The lowest BCUT2D eigenvalue weighted by Crippen LogP contribution is -2.07. The van der Waals surface area contributed by atoms with Crippen LogP contribution in [0.4, 0.5) is 0 Å². The van der Waals surface area contributed by atoms with Crippen LogP contribution >= 0.6 is 23.2 Å². The second kappa shape index (κ2) is 9.07. The van der Waals surface area contributed by atoms with Crippen molar-refractivity contribution in [1.82, 2.24) is 9.55 Å². The quantitative estimate of drug-likeness (QED) is 0.409. The highest BCUT2D eigenvalue weighted by Crippen LogP contribution is 2.25. The third-order valence-corrected chi connectivity index (χ3v) is 4.99. The van der Waals surface area contributed by atoms with Crippen molar-refractivity contribution in [3.63, 3.8) is 0 Å². The largest absolute Gasteiger partial charge is 0.323 e. The molecule has 0 N–H and O–H groups in total. The molecule has 0 fully saturated rings. The molecule has 4 heteroatoms. The first-order valence-corrected chi connectivity index (χ1v) is 9.77. The molecule has 27 heavy (non-hydrogen) atoms. The number of hydrogen-bond donors (Lipinski definition) is 0. The van der Waals surface area contributed by atoms with Crippen LogP contribution in [0.15, 0.2) is 54.6 Å². The highest BCUT2D eigenvalue weighted by molar-refractivity contribution is 6.31. The molecule has 0 aliphatic rings. The molecule has 0 bridgehead atoms. The van der Waals surface area contributed by atoms with Crippen molar-refractivity contribution in [3.05, 3.63) is 93.0 Å². The van der Waals surface area contributed by atoms with E-state index in [0.29, 0.717) is 11.7 Å². The van der Waals surface area contributed by atoms with Gasteiger partial charge in [-0.3, -0.25) is 0 Å². The minimum atomic E-state index is 0.531. The minimum Gasteiger partial charge on any atom is -0.323 e. The summed E-state index contributed by atoms with van der Waals surface area (Å²) < 4.78 is 2.13. The number of nitrogens with zero attached hydrogens (tertiary/aromatic N) is 2. The molecule has 3 aromatic rings. The summed E-state index contributed by atoms with van der Waals surface area (Å²) in [6, 6.07) is 16.4. The van der Waals surface area contributed by atoms with Crippen LogP contribution < -0.4 is 0 Å². The van der Waals surface area contributed by atoms with Crippen LogP contribution in [0.3, 0.4) is 0 Å². The zero-order valence-electron chi connectivity index (χ0n) is 15.5. The van der Waals surface area contributed by atoms with Gasteiger partial charge in [0.1, 0.15) is 5.82 Å². The molecule has 1 aromatic heterocycles. The van der Waals surface area contributed by atoms with Gasteiger partial charge in [-0.2, -0.15) is 0 Å². The predicted octanol–water partition coefficient (Wildman–Crippen LogP) is 7.00. The first-order valence-electron chi connectivity index (χ1n) is 9.01. The van der Waals surface area contributed by atoms with Gasteiger partial charge in [0.2, 0.25) is 0 Å². The summed E-state index contributed by atoms with van der Waals surface area (Å²) in [5.41, 5.74) is 4.19. The van der Waals surface area contributed by atoms with Crippen LogP contribution in [-0.4, -0.2) is 9.55 Å². The molecule has 0 amide bonds. The number of imidazole rings is 1. The molecule has 0 aliphatic carbocycles. The maximum Gasteiger partial charge on any atom is 0.154 e. The van der Waals surface area contributed by atoms with Gasteiger partial charge in [-0.25, -0.2) is 4.98 Å². The Hall–Kier alpha value is -2.29. The first kappa shape index (κ1) is 19.5. The maximum atomic E-state index is 6.57. The summed E-state index contributed by atoms with van der Waals surface area (Å²) in [6.45, 7) is 4.69. The van der Waals surface area contributed by atoms with Crippen LogP contribution in [0.2, 0.25) is 10.2 Å². The summed E-state index contributed by atoms with van der Waals surface area (Å²) in [5.74, 6) is 0.956. The monoisotopic (exact) mass is 396 g/mol. The molecular weight excluding hydrogens is 375 g/mol. The van der Waals surface area contributed by atoms with E-state index in [4.69, 9.17) is 23.2 Å². The fraction of sp³-hybridized carbons (Fsp3) is 0.174. The van der Waals surface area contributed by atoms with Gasteiger partial charge >= 0.3 is 0 Å². The van der Waals surface area contributed by atoms with E-state index in [9.17, 15) is 0 Å². The third-order valence-electron chi connectivity index (χ3n) is 4.36. The highest BCUT2D eigenvalue weighted by atomic mass is 35.5. The van der Waals surface area contributed by atoms with Crippen LogP contribution in [-0.2, 0) is 13.0 Å². The standard InChI is InChI=1S/C23H22Cl2N2/c1-3-8-21-23(25)26-22(4-2)27(21)16-19-14-13-18(15-20(19)24)12-11-17-9-6-5-7-10-17/h3,5-15H,4,16H2,1-2H3/b8-3+,12-11+. The van der Waals surface area contributed by atoms with Gasteiger partial charge in [0.25, 0.3) is 0 Å². The van der Waals surface area contributed by atoms with Crippen molar-refractivity contribution in [3.8, 4) is 0 Å². The molecule has 138 valence electrons. The maximum absolute atomic E-state index is 6.57. The van der Waals surface area contributed by atoms with Gasteiger partial charge in [-0.1, -0.05) is 90.8 Å². The molecule has 0 radical (unpaired) electrons. The Morgan fingerprint density at radius 3 is 2.37 bits per heavy atom. The van der Waals surface area contributed by atoms with Crippen molar-refractivity contribution in [1.29, 1.82) is 0 Å². The fourth-order valence-electron chi connectivity index (χ4n) is 2.97. The van der Waals surface area contributed by atoms with E-state index in [0.717, 1.165) is 39.7 Å². The third kappa shape index (κ3) is 4.71. The molecule has 0 saturated heterocycles. The lowest BCUT2D eigenvalue weighted by molar-refractivity contribution is 0.726. The highest BCUT2D eigenvalue weighted by Gasteiger charge is 2.14. The molecule has 1 heterocycles. The molecule has 2 nitrogen and oxygen atoms in total. The van der Waals surface area contributed by atoms with E-state index >= 15 is 0 Å². The molecule has 0 atom stereocenters. The Labute approximate surface area is 170 Å². The number of hydrogen-bond acceptors (Lipinski definition) is 1. The van der Waals surface area contributed by atoms with Crippen molar-refractivity contribution >= 4 is 41.4 Å². The predicted molar refractivity (Wildman–Crippen MR) is 117 cm³/mol. The van der Waals surface area contributed by atoms with E-state index in [1.807, 2.05) is 43.3 Å². The van der Waals surface area contributed by atoms with E-state index in [1.54, 1.807) is 0 Å². The normalized spacial score (nSPS) is 11.7. The topological polar surface area (TPSA) is 17.8 Å². The van der Waals surface area contributed by atoms with Gasteiger partial charge in [0, 0.05) is 11.4 Å². The Bertz CT molecular complexity index is 970. The van der Waals surface area contributed by atoms with Crippen LogP contribution in [0.25, 0.3) is 18.2 Å². The summed E-state index contributed by atoms with van der Waals surface area (Å²) in [4.78, 5) is 4.48. The zero-order chi connectivity index (χ0) is 19.2. The van der Waals surface area contributed by atoms with Gasteiger partial charge in [0.15, 0.2) is 5.15 Å². The molecule has 0 aliphatic heterocycles. The molecule has 0 spiro atoms. The summed E-state index contributed by atoms with van der Waals surface area (Å²) >= 11 is 12.9. The number of aryl methyl sites for hydroxylation is 1. The fourth-order valence-corrected chi connectivity index (χ4v) is 3.48. The van der Waals surface area contributed by atoms with E-state index in [-0.39, 0.29) is 0 Å². The first-order chi connectivity index (χ1) is 13.1. The molecule has 0 unspecified atom stereocenters. The molecule has 2 aromatic carbocycles. The van der Waals surface area contributed by atoms with Gasteiger partial charge in [0.05, 0.1) is 12.2 Å². The van der Waals surface area contributed by atoms with E-state index in [1.165, 1.54) is 0 Å². The average Bonchev–Trinajstić information content (AvgIpc) is 2.98. The number of allylic oxidation sites excluding steroid dienone is 1. The Morgan fingerprint density at radius 1 is 0.963 bits per heavy atom. The summed E-state index contributed by atoms with van der Waals surface area (Å²) in [5, 5.41) is 1.27. The lowest BCUT2D eigenvalue weighted by Gasteiger charge is -2.11. The van der Waals surface area contributed by atoms with Crippen molar-refractivity contribution in [2.24, 2.45) is 0 Å². The summed E-state index contributed by atoms with van der Waals surface area (Å²) in [7, 11) is 0. The van der Waals surface area contributed by atoms with Crippen LogP contribution in [0.1, 0.15) is 42.1 Å². The molecule has 0 saturated carbocycles. The Balaban J connectivity index is 1.86. The number of halogens is 2. The minimum absolute atomic E-state index is 0.531. The second-order valence-electron chi connectivity index (χ2n) is 6.24. The smallest absolute Gasteiger partial charge is 0.154 e. The van der Waals surface area contributed by atoms with E-state index < -0.39 is 0 Å². The van der Waals surface area contributed by atoms with Crippen molar-refractivity contribution < 1.29 is 0 Å². The number of aromatic nitrogens is 2. The Morgan fingerprint density at radius 2 is 1.70 bits per heavy atom. The summed E-state index contributed by atoms with van der Waals surface area (Å²) in [6.07, 6.45) is 8.92.